The SMILES string of the molecule is CCCN(C(=O)c1ccccc1CC)C1CCNC1.Cl. The van der Waals surface area contributed by atoms with Crippen molar-refractivity contribution in [3.63, 3.8) is 0 Å². The van der Waals surface area contributed by atoms with Gasteiger partial charge in [0.2, 0.25) is 0 Å². The number of hydrogen-bond donors (Lipinski definition) is 1. The Kier molecular flexibility index (Phi) is 7.03. The van der Waals surface area contributed by atoms with Crippen molar-refractivity contribution in [2.24, 2.45) is 0 Å². The fraction of sp³-hybridized carbons (Fsp3) is 0.562. The number of aryl methyl sites for hydroxylation is 1. The van der Waals surface area contributed by atoms with E-state index in [1.807, 2.05) is 18.2 Å². The Morgan fingerprint density at radius 2 is 2.10 bits per heavy atom. The Labute approximate surface area is 128 Å². The van der Waals surface area contributed by atoms with Crippen LogP contribution in [0.25, 0.3) is 0 Å². The first kappa shape index (κ1) is 17.0. The predicted molar refractivity (Wildman–Crippen MR) is 85.7 cm³/mol. The lowest BCUT2D eigenvalue weighted by Crippen LogP contribution is -2.42. The highest BCUT2D eigenvalue weighted by atomic mass is 35.5. The number of nitrogens with zero attached hydrogens (tertiary/aromatic N) is 1. The number of amides is 1. The number of nitrogens with one attached hydrogen (secondary N) is 1. The third kappa shape index (κ3) is 3.74. The van der Waals surface area contributed by atoms with Gasteiger partial charge in [-0.15, -0.1) is 12.4 Å². The summed E-state index contributed by atoms with van der Waals surface area (Å²) in [4.78, 5) is 14.9. The van der Waals surface area contributed by atoms with Gasteiger partial charge in [0.05, 0.1) is 0 Å². The van der Waals surface area contributed by atoms with Gasteiger partial charge in [-0.2, -0.15) is 0 Å². The van der Waals surface area contributed by atoms with Crippen molar-refractivity contribution in [2.75, 3.05) is 19.6 Å². The molecule has 0 saturated carbocycles. The maximum absolute atomic E-state index is 12.8. The second-order valence-electron chi connectivity index (χ2n) is 5.16. The van der Waals surface area contributed by atoms with E-state index in [0.717, 1.165) is 50.0 Å². The summed E-state index contributed by atoms with van der Waals surface area (Å²) < 4.78 is 0. The molecule has 1 aromatic carbocycles. The molecule has 1 fully saturated rings. The Hall–Kier alpha value is -1.06. The van der Waals surface area contributed by atoms with Crippen LogP contribution in [0.4, 0.5) is 0 Å². The number of benzene rings is 1. The summed E-state index contributed by atoms with van der Waals surface area (Å²) in [5.74, 6) is 0.202. The van der Waals surface area contributed by atoms with E-state index < -0.39 is 0 Å². The van der Waals surface area contributed by atoms with E-state index in [2.05, 4.69) is 30.1 Å². The number of rotatable bonds is 5. The van der Waals surface area contributed by atoms with Gasteiger partial charge in [-0.1, -0.05) is 32.0 Å². The quantitative estimate of drug-likeness (QED) is 0.906. The van der Waals surface area contributed by atoms with Crippen LogP contribution in [0.1, 0.15) is 42.6 Å². The molecule has 1 atom stereocenters. The first-order valence-electron chi connectivity index (χ1n) is 7.37. The summed E-state index contributed by atoms with van der Waals surface area (Å²) in [5, 5.41) is 3.35. The van der Waals surface area contributed by atoms with Crippen molar-refractivity contribution >= 4 is 18.3 Å². The van der Waals surface area contributed by atoms with Crippen molar-refractivity contribution in [2.45, 2.75) is 39.2 Å². The van der Waals surface area contributed by atoms with Crippen LogP contribution < -0.4 is 5.32 Å². The van der Waals surface area contributed by atoms with Crippen molar-refractivity contribution in [1.29, 1.82) is 0 Å². The second-order valence-corrected chi connectivity index (χ2v) is 5.16. The Morgan fingerprint density at radius 1 is 1.35 bits per heavy atom. The van der Waals surface area contributed by atoms with Crippen molar-refractivity contribution < 1.29 is 4.79 Å². The molecule has 1 amide bonds. The van der Waals surface area contributed by atoms with E-state index in [1.54, 1.807) is 0 Å². The van der Waals surface area contributed by atoms with Crippen LogP contribution >= 0.6 is 12.4 Å². The number of halogens is 1. The van der Waals surface area contributed by atoms with E-state index in [0.29, 0.717) is 6.04 Å². The van der Waals surface area contributed by atoms with Gasteiger partial charge in [-0.3, -0.25) is 4.79 Å². The van der Waals surface area contributed by atoms with E-state index >= 15 is 0 Å². The molecule has 20 heavy (non-hydrogen) atoms. The highest BCUT2D eigenvalue weighted by molar-refractivity contribution is 5.96. The van der Waals surface area contributed by atoms with Crippen molar-refractivity contribution in [1.82, 2.24) is 10.2 Å². The summed E-state index contributed by atoms with van der Waals surface area (Å²) in [5.41, 5.74) is 2.03. The predicted octanol–water partition coefficient (Wildman–Crippen LogP) is 2.88. The molecule has 2 rings (SSSR count). The average molecular weight is 297 g/mol. The molecule has 3 nitrogen and oxygen atoms in total. The van der Waals surface area contributed by atoms with Crippen LogP contribution in [0.15, 0.2) is 24.3 Å². The van der Waals surface area contributed by atoms with Crippen LogP contribution in [0, 0.1) is 0 Å². The molecule has 1 aromatic rings. The molecule has 0 spiro atoms. The zero-order chi connectivity index (χ0) is 13.7. The van der Waals surface area contributed by atoms with Gasteiger partial charge >= 0.3 is 0 Å². The van der Waals surface area contributed by atoms with Gasteiger partial charge in [-0.05, 0) is 37.4 Å². The maximum atomic E-state index is 12.8. The summed E-state index contributed by atoms with van der Waals surface area (Å²) in [6.07, 6.45) is 2.99. The lowest BCUT2D eigenvalue weighted by molar-refractivity contribution is 0.0691. The largest absolute Gasteiger partial charge is 0.334 e. The summed E-state index contributed by atoms with van der Waals surface area (Å²) in [6.45, 7) is 7.04. The molecular formula is C16H25ClN2O. The maximum Gasteiger partial charge on any atom is 0.254 e. The molecule has 1 aliphatic rings. The molecular weight excluding hydrogens is 272 g/mol. The molecule has 4 heteroatoms. The fourth-order valence-corrected chi connectivity index (χ4v) is 2.79. The number of hydrogen-bond acceptors (Lipinski definition) is 2. The Balaban J connectivity index is 0.00000200. The first-order valence-corrected chi connectivity index (χ1v) is 7.37. The van der Waals surface area contributed by atoms with E-state index in [9.17, 15) is 4.79 Å². The third-order valence-corrected chi connectivity index (χ3v) is 3.83. The van der Waals surface area contributed by atoms with Gasteiger partial charge in [0.25, 0.3) is 5.91 Å². The average Bonchev–Trinajstić information content (AvgIpc) is 2.98. The van der Waals surface area contributed by atoms with E-state index in [1.165, 1.54) is 0 Å². The topological polar surface area (TPSA) is 32.3 Å². The first-order chi connectivity index (χ1) is 9.27. The second kappa shape index (κ2) is 8.28. The minimum atomic E-state index is 0. The molecule has 1 saturated heterocycles. The fourth-order valence-electron chi connectivity index (χ4n) is 2.79. The zero-order valence-corrected chi connectivity index (χ0v) is 13.2. The summed E-state index contributed by atoms with van der Waals surface area (Å²) >= 11 is 0. The minimum absolute atomic E-state index is 0. The van der Waals surface area contributed by atoms with Gasteiger partial charge in [0.1, 0.15) is 0 Å². The van der Waals surface area contributed by atoms with Crippen LogP contribution in [-0.2, 0) is 6.42 Å². The summed E-state index contributed by atoms with van der Waals surface area (Å²) in [6, 6.07) is 8.36. The molecule has 0 aromatic heterocycles. The van der Waals surface area contributed by atoms with Crippen LogP contribution in [0.2, 0.25) is 0 Å². The van der Waals surface area contributed by atoms with Crippen LogP contribution in [-0.4, -0.2) is 36.5 Å². The lowest BCUT2D eigenvalue weighted by atomic mass is 10.0. The van der Waals surface area contributed by atoms with Crippen molar-refractivity contribution in [3.05, 3.63) is 35.4 Å². The van der Waals surface area contributed by atoms with Crippen LogP contribution in [0.3, 0.4) is 0 Å². The van der Waals surface area contributed by atoms with Gasteiger partial charge in [-0.25, -0.2) is 0 Å². The zero-order valence-electron chi connectivity index (χ0n) is 12.4. The van der Waals surface area contributed by atoms with Gasteiger partial charge < -0.3 is 10.2 Å². The third-order valence-electron chi connectivity index (χ3n) is 3.83. The molecule has 1 aliphatic heterocycles. The molecule has 1 N–H and O–H groups in total. The van der Waals surface area contributed by atoms with E-state index in [-0.39, 0.29) is 18.3 Å². The smallest absolute Gasteiger partial charge is 0.254 e. The van der Waals surface area contributed by atoms with E-state index in [4.69, 9.17) is 0 Å². The molecule has 0 bridgehead atoms. The normalized spacial score (nSPS) is 17.6. The molecule has 0 aliphatic carbocycles. The molecule has 112 valence electrons. The molecule has 0 radical (unpaired) electrons. The standard InChI is InChI=1S/C16H24N2O.ClH/c1-3-11-18(14-9-10-17-12-14)16(19)15-8-6-5-7-13(15)4-2;/h5-8,14,17H,3-4,9-12H2,1-2H3;1H. The minimum Gasteiger partial charge on any atom is -0.334 e. The van der Waals surface area contributed by atoms with Gasteiger partial charge in [0, 0.05) is 24.7 Å². The molecule has 1 heterocycles. The Morgan fingerprint density at radius 3 is 2.70 bits per heavy atom. The number of carbonyl (C=O) groups is 1. The lowest BCUT2D eigenvalue weighted by Gasteiger charge is -2.29. The highest BCUT2D eigenvalue weighted by Gasteiger charge is 2.27. The van der Waals surface area contributed by atoms with Crippen LogP contribution in [0.5, 0.6) is 0 Å². The van der Waals surface area contributed by atoms with Gasteiger partial charge in [0.15, 0.2) is 0 Å². The monoisotopic (exact) mass is 296 g/mol. The highest BCUT2D eigenvalue weighted by Crippen LogP contribution is 2.17. The number of carbonyl (C=O) groups excluding carboxylic acids is 1. The molecule has 1 unspecified atom stereocenters. The Bertz CT molecular complexity index is 430. The summed E-state index contributed by atoms with van der Waals surface area (Å²) in [7, 11) is 0. The van der Waals surface area contributed by atoms with Crippen molar-refractivity contribution in [3.8, 4) is 0 Å².